The van der Waals surface area contributed by atoms with Crippen LogP contribution in [0.4, 0.5) is 0 Å². The average Bonchev–Trinajstić information content (AvgIpc) is 3.28. The summed E-state index contributed by atoms with van der Waals surface area (Å²) in [6.07, 6.45) is 4.69. The van der Waals surface area contributed by atoms with Gasteiger partial charge in [-0.3, -0.25) is 4.79 Å². The number of likely N-dealkylation sites (tertiary alicyclic amines) is 1. The van der Waals surface area contributed by atoms with Crippen molar-refractivity contribution in [3.63, 3.8) is 0 Å². The monoisotopic (exact) mass is 497 g/mol. The molecule has 0 spiro atoms. The maximum absolute atomic E-state index is 13.3. The highest BCUT2D eigenvalue weighted by Crippen LogP contribution is 2.35. The highest BCUT2D eigenvalue weighted by atomic mass is 32.2. The fourth-order valence-corrected chi connectivity index (χ4v) is 7.90. The summed E-state index contributed by atoms with van der Waals surface area (Å²) in [6, 6.07) is 15.0. The Bertz CT molecular complexity index is 1240. The molecular formula is C26H31N3O3S2. The number of rotatable bonds is 4. The lowest BCUT2D eigenvalue weighted by atomic mass is 9.96. The molecule has 180 valence electrons. The Hall–Kier alpha value is -2.29. The maximum atomic E-state index is 13.3. The highest BCUT2D eigenvalue weighted by molar-refractivity contribution is 7.89. The molecule has 0 aliphatic carbocycles. The zero-order chi connectivity index (χ0) is 23.9. The van der Waals surface area contributed by atoms with Crippen LogP contribution in [-0.2, 0) is 10.0 Å². The van der Waals surface area contributed by atoms with E-state index in [1.807, 2.05) is 23.1 Å². The van der Waals surface area contributed by atoms with E-state index in [0.717, 1.165) is 42.6 Å². The molecule has 2 fully saturated rings. The first kappa shape index (κ1) is 23.5. The molecule has 0 saturated carbocycles. The third-order valence-electron chi connectivity index (χ3n) is 7.28. The van der Waals surface area contributed by atoms with Gasteiger partial charge in [0.1, 0.15) is 0 Å². The number of fused-ring (bicyclic) bond motifs is 1. The molecule has 3 heterocycles. The summed E-state index contributed by atoms with van der Waals surface area (Å²) in [6.45, 7) is 5.13. The Kier molecular flexibility index (Phi) is 6.48. The molecule has 1 aromatic heterocycles. The Labute approximate surface area is 205 Å². The Morgan fingerprint density at radius 1 is 0.941 bits per heavy atom. The highest BCUT2D eigenvalue weighted by Gasteiger charge is 2.32. The van der Waals surface area contributed by atoms with Gasteiger partial charge in [-0.15, -0.1) is 11.3 Å². The minimum Gasteiger partial charge on any atom is -0.333 e. The van der Waals surface area contributed by atoms with Gasteiger partial charge in [0, 0.05) is 36.7 Å². The maximum Gasteiger partial charge on any atom is 0.254 e. The first-order valence-corrected chi connectivity index (χ1v) is 14.4. The molecule has 3 aromatic rings. The molecule has 2 aliphatic heterocycles. The minimum atomic E-state index is -3.59. The molecule has 6 nitrogen and oxygen atoms in total. The van der Waals surface area contributed by atoms with E-state index in [-0.39, 0.29) is 28.8 Å². The molecule has 34 heavy (non-hydrogen) atoms. The van der Waals surface area contributed by atoms with E-state index in [4.69, 9.17) is 4.98 Å². The van der Waals surface area contributed by atoms with Gasteiger partial charge in [0.05, 0.1) is 20.1 Å². The molecule has 1 amide bonds. The normalized spacial score (nSPS) is 22.8. The van der Waals surface area contributed by atoms with Crippen molar-refractivity contribution in [1.82, 2.24) is 14.2 Å². The van der Waals surface area contributed by atoms with Gasteiger partial charge >= 0.3 is 0 Å². The molecule has 5 rings (SSSR count). The number of sulfonamides is 1. The van der Waals surface area contributed by atoms with E-state index < -0.39 is 10.0 Å². The largest absolute Gasteiger partial charge is 0.333 e. The summed E-state index contributed by atoms with van der Waals surface area (Å²) < 4.78 is 29.3. The van der Waals surface area contributed by atoms with E-state index in [0.29, 0.717) is 18.7 Å². The van der Waals surface area contributed by atoms with Crippen molar-refractivity contribution < 1.29 is 13.2 Å². The molecule has 0 radical (unpaired) electrons. The number of carbonyl (C=O) groups is 1. The SMILES string of the molecule is C[C@H]1CCC[C@H](C)N1C(=O)c1ccc(S(=O)(=O)N2CCC(c3nc4ccccc4s3)CC2)cc1. The van der Waals surface area contributed by atoms with Crippen molar-refractivity contribution in [2.45, 2.75) is 68.8 Å². The molecule has 8 heteroatoms. The van der Waals surface area contributed by atoms with Gasteiger partial charge in [-0.05, 0) is 82.3 Å². The average molecular weight is 498 g/mol. The number of hydrogen-bond acceptors (Lipinski definition) is 5. The van der Waals surface area contributed by atoms with Crippen LogP contribution < -0.4 is 0 Å². The number of aromatic nitrogens is 1. The van der Waals surface area contributed by atoms with Crippen LogP contribution in [0.5, 0.6) is 0 Å². The summed E-state index contributed by atoms with van der Waals surface area (Å²) in [4.78, 5) is 20.0. The minimum absolute atomic E-state index is 0.0136. The second-order valence-electron chi connectivity index (χ2n) is 9.56. The first-order chi connectivity index (χ1) is 16.3. The molecule has 0 N–H and O–H groups in total. The zero-order valence-electron chi connectivity index (χ0n) is 19.7. The fraction of sp³-hybridized carbons (Fsp3) is 0.462. The van der Waals surface area contributed by atoms with Crippen LogP contribution in [-0.4, -0.2) is 53.7 Å². The van der Waals surface area contributed by atoms with E-state index in [1.165, 1.54) is 4.70 Å². The Morgan fingerprint density at radius 2 is 1.59 bits per heavy atom. The number of nitrogens with zero attached hydrogens (tertiary/aromatic N) is 3. The number of para-hydroxylation sites is 1. The second kappa shape index (κ2) is 9.40. The lowest BCUT2D eigenvalue weighted by Crippen LogP contribution is -2.47. The lowest BCUT2D eigenvalue weighted by Gasteiger charge is -2.39. The van der Waals surface area contributed by atoms with Crippen LogP contribution >= 0.6 is 11.3 Å². The van der Waals surface area contributed by atoms with Gasteiger partial charge in [0.2, 0.25) is 10.0 Å². The van der Waals surface area contributed by atoms with Crippen LogP contribution in [0.1, 0.15) is 67.2 Å². The summed E-state index contributed by atoms with van der Waals surface area (Å²) in [7, 11) is -3.59. The van der Waals surface area contributed by atoms with Gasteiger partial charge in [-0.1, -0.05) is 12.1 Å². The molecule has 0 bridgehead atoms. The van der Waals surface area contributed by atoms with Crippen LogP contribution in [0.3, 0.4) is 0 Å². The van der Waals surface area contributed by atoms with E-state index in [9.17, 15) is 13.2 Å². The van der Waals surface area contributed by atoms with Gasteiger partial charge in [-0.2, -0.15) is 4.31 Å². The van der Waals surface area contributed by atoms with Crippen molar-refractivity contribution in [3.8, 4) is 0 Å². The predicted octanol–water partition coefficient (Wildman–Crippen LogP) is 5.27. The first-order valence-electron chi connectivity index (χ1n) is 12.1. The second-order valence-corrected chi connectivity index (χ2v) is 12.6. The number of hydrogen-bond donors (Lipinski definition) is 0. The van der Waals surface area contributed by atoms with Crippen molar-refractivity contribution in [1.29, 1.82) is 0 Å². The Morgan fingerprint density at radius 3 is 2.24 bits per heavy atom. The van der Waals surface area contributed by atoms with E-state index >= 15 is 0 Å². The summed E-state index contributed by atoms with van der Waals surface area (Å²) >= 11 is 1.71. The number of piperidine rings is 2. The van der Waals surface area contributed by atoms with Gasteiger partial charge < -0.3 is 4.90 Å². The third kappa shape index (κ3) is 4.39. The van der Waals surface area contributed by atoms with E-state index in [2.05, 4.69) is 19.9 Å². The fourth-order valence-electron chi connectivity index (χ4n) is 5.30. The molecule has 0 unspecified atom stereocenters. The number of thiazole rings is 1. The third-order valence-corrected chi connectivity index (χ3v) is 10.4. The van der Waals surface area contributed by atoms with Gasteiger partial charge in [-0.25, -0.2) is 13.4 Å². The molecule has 2 aromatic carbocycles. The van der Waals surface area contributed by atoms with Crippen LogP contribution in [0.25, 0.3) is 10.2 Å². The molecular weight excluding hydrogens is 466 g/mol. The van der Waals surface area contributed by atoms with Crippen molar-refractivity contribution in [2.75, 3.05) is 13.1 Å². The van der Waals surface area contributed by atoms with Gasteiger partial charge in [0.25, 0.3) is 5.91 Å². The lowest BCUT2D eigenvalue weighted by molar-refractivity contribution is 0.0510. The molecule has 2 saturated heterocycles. The molecule has 2 aliphatic rings. The molecule has 2 atom stereocenters. The van der Waals surface area contributed by atoms with Crippen molar-refractivity contribution >= 4 is 37.5 Å². The number of benzene rings is 2. The zero-order valence-corrected chi connectivity index (χ0v) is 21.3. The summed E-state index contributed by atoms with van der Waals surface area (Å²) in [5.41, 5.74) is 1.56. The smallest absolute Gasteiger partial charge is 0.254 e. The Balaban J connectivity index is 1.26. The van der Waals surface area contributed by atoms with Crippen molar-refractivity contribution in [3.05, 3.63) is 59.1 Å². The number of carbonyl (C=O) groups excluding carboxylic acids is 1. The van der Waals surface area contributed by atoms with Crippen LogP contribution in [0.15, 0.2) is 53.4 Å². The van der Waals surface area contributed by atoms with Crippen LogP contribution in [0.2, 0.25) is 0 Å². The van der Waals surface area contributed by atoms with Crippen molar-refractivity contribution in [2.24, 2.45) is 0 Å². The van der Waals surface area contributed by atoms with E-state index in [1.54, 1.807) is 39.9 Å². The number of amides is 1. The summed E-state index contributed by atoms with van der Waals surface area (Å²) in [5, 5.41) is 1.10. The standard InChI is InChI=1S/C26H31N3O3S2/c1-18-6-5-7-19(2)29(18)26(30)21-10-12-22(13-11-21)34(31,32)28-16-14-20(15-17-28)25-27-23-8-3-4-9-24(23)33-25/h3-4,8-13,18-20H,5-7,14-17H2,1-2H3/t18-,19-/m0/s1. The van der Waals surface area contributed by atoms with Crippen LogP contribution in [0, 0.1) is 0 Å². The quantitative estimate of drug-likeness (QED) is 0.492. The summed E-state index contributed by atoms with van der Waals surface area (Å²) in [5.74, 6) is 0.276. The van der Waals surface area contributed by atoms with Gasteiger partial charge in [0.15, 0.2) is 0 Å². The predicted molar refractivity (Wildman–Crippen MR) is 136 cm³/mol. The topological polar surface area (TPSA) is 70.6 Å².